The zero-order valence-electron chi connectivity index (χ0n) is 21.5. The summed E-state index contributed by atoms with van der Waals surface area (Å²) >= 11 is 0. The molecule has 0 fully saturated rings. The van der Waals surface area contributed by atoms with E-state index in [0.717, 1.165) is 11.6 Å². The van der Waals surface area contributed by atoms with Crippen LogP contribution in [0.5, 0.6) is 5.75 Å². The molecule has 0 spiro atoms. The normalized spacial score (nSPS) is 11.1. The molecule has 0 unspecified atom stereocenters. The van der Waals surface area contributed by atoms with Crippen LogP contribution in [0.15, 0.2) is 66.7 Å². The number of methoxy groups -OCH3 is 1. The first-order valence-corrected chi connectivity index (χ1v) is 12.2. The predicted molar refractivity (Wildman–Crippen MR) is 136 cm³/mol. The van der Waals surface area contributed by atoms with Crippen molar-refractivity contribution in [2.75, 3.05) is 20.3 Å². The summed E-state index contributed by atoms with van der Waals surface area (Å²) in [4.78, 5) is 26.9. The van der Waals surface area contributed by atoms with Crippen molar-refractivity contribution in [2.45, 2.75) is 39.6 Å². The standard InChI is InChI=1S/C29H30F3NO5/c1-4-33(18-20-12-8-6-9-13-20)28(35)38-19-23-22(16-26(34)37-5-2)24(29(30,31)32)17-25(36-3)27(23)21-14-10-7-11-15-21/h6-15,17H,4-5,16,18-19H2,1-3H3. The number of benzene rings is 3. The van der Waals surface area contributed by atoms with Crippen LogP contribution < -0.4 is 4.74 Å². The smallest absolute Gasteiger partial charge is 0.416 e. The Hall–Kier alpha value is -4.01. The van der Waals surface area contributed by atoms with Gasteiger partial charge in [0.1, 0.15) is 12.4 Å². The van der Waals surface area contributed by atoms with Crippen molar-refractivity contribution in [1.29, 1.82) is 0 Å². The number of nitrogens with zero attached hydrogens (tertiary/aromatic N) is 1. The number of carbonyl (C=O) groups excluding carboxylic acids is 2. The van der Waals surface area contributed by atoms with E-state index in [1.165, 1.54) is 12.0 Å². The van der Waals surface area contributed by atoms with Crippen molar-refractivity contribution in [2.24, 2.45) is 0 Å². The van der Waals surface area contributed by atoms with E-state index in [0.29, 0.717) is 17.7 Å². The molecule has 0 aliphatic carbocycles. The van der Waals surface area contributed by atoms with Gasteiger partial charge in [0, 0.05) is 24.2 Å². The van der Waals surface area contributed by atoms with Gasteiger partial charge in [-0.15, -0.1) is 0 Å². The first-order valence-electron chi connectivity index (χ1n) is 12.2. The summed E-state index contributed by atoms with van der Waals surface area (Å²) in [7, 11) is 1.27. The Morgan fingerprint density at radius 3 is 2.08 bits per heavy atom. The van der Waals surface area contributed by atoms with Crippen LogP contribution in [0, 0.1) is 0 Å². The van der Waals surface area contributed by atoms with Gasteiger partial charge in [-0.05, 0) is 36.6 Å². The predicted octanol–water partition coefficient (Wildman–Crippen LogP) is 6.65. The van der Waals surface area contributed by atoms with Crippen molar-refractivity contribution in [3.05, 3.63) is 89.0 Å². The van der Waals surface area contributed by atoms with Gasteiger partial charge in [-0.25, -0.2) is 4.79 Å². The Kier molecular flexibility index (Phi) is 9.76. The van der Waals surface area contributed by atoms with E-state index >= 15 is 0 Å². The molecule has 0 saturated carbocycles. The zero-order valence-corrected chi connectivity index (χ0v) is 21.5. The molecule has 0 atom stereocenters. The Morgan fingerprint density at radius 2 is 1.53 bits per heavy atom. The minimum atomic E-state index is -4.80. The summed E-state index contributed by atoms with van der Waals surface area (Å²) < 4.78 is 58.6. The van der Waals surface area contributed by atoms with Crippen molar-refractivity contribution < 1.29 is 37.0 Å². The number of halogens is 3. The molecule has 0 aliphatic rings. The maximum atomic E-state index is 14.2. The molecule has 3 aromatic carbocycles. The first kappa shape index (κ1) is 28.6. The highest BCUT2D eigenvalue weighted by Gasteiger charge is 2.38. The minimum absolute atomic E-state index is 0.0111. The van der Waals surface area contributed by atoms with Gasteiger partial charge in [0.2, 0.25) is 0 Å². The summed E-state index contributed by atoms with van der Waals surface area (Å²) in [5.74, 6) is -0.882. The third-order valence-corrected chi connectivity index (χ3v) is 5.92. The third kappa shape index (κ3) is 7.06. The lowest BCUT2D eigenvalue weighted by atomic mass is 9.89. The number of hydrogen-bond acceptors (Lipinski definition) is 5. The van der Waals surface area contributed by atoms with E-state index < -0.39 is 36.8 Å². The summed E-state index contributed by atoms with van der Waals surface area (Å²) in [5.41, 5.74) is 0.379. The number of hydrogen-bond donors (Lipinski definition) is 0. The average Bonchev–Trinajstić information content (AvgIpc) is 2.90. The van der Waals surface area contributed by atoms with Gasteiger partial charge in [0.25, 0.3) is 0 Å². The van der Waals surface area contributed by atoms with Crippen molar-refractivity contribution in [3.63, 3.8) is 0 Å². The van der Waals surface area contributed by atoms with Gasteiger partial charge in [-0.3, -0.25) is 4.79 Å². The molecule has 0 radical (unpaired) electrons. The van der Waals surface area contributed by atoms with Gasteiger partial charge in [0.15, 0.2) is 0 Å². The number of alkyl halides is 3. The lowest BCUT2D eigenvalue weighted by Crippen LogP contribution is -2.31. The highest BCUT2D eigenvalue weighted by Crippen LogP contribution is 2.43. The van der Waals surface area contributed by atoms with E-state index in [1.807, 2.05) is 30.3 Å². The van der Waals surface area contributed by atoms with Gasteiger partial charge >= 0.3 is 18.2 Å². The summed E-state index contributed by atoms with van der Waals surface area (Å²) in [6.07, 6.45) is -6.15. The highest BCUT2D eigenvalue weighted by atomic mass is 19.4. The zero-order chi connectivity index (χ0) is 27.7. The number of amides is 1. The van der Waals surface area contributed by atoms with Crippen LogP contribution in [-0.2, 0) is 40.0 Å². The molecule has 0 N–H and O–H groups in total. The summed E-state index contributed by atoms with van der Waals surface area (Å²) in [6.45, 7) is 3.44. The molecule has 0 aromatic heterocycles. The molecule has 0 bridgehead atoms. The average molecular weight is 530 g/mol. The fourth-order valence-corrected chi connectivity index (χ4v) is 4.14. The summed E-state index contributed by atoms with van der Waals surface area (Å²) in [5, 5.41) is 0. The van der Waals surface area contributed by atoms with Gasteiger partial charge in [-0.1, -0.05) is 60.7 Å². The topological polar surface area (TPSA) is 65.1 Å². The molecular formula is C29H30F3NO5. The van der Waals surface area contributed by atoms with E-state index in [9.17, 15) is 22.8 Å². The number of carbonyl (C=O) groups is 2. The largest absolute Gasteiger partial charge is 0.496 e. The highest BCUT2D eigenvalue weighted by molar-refractivity contribution is 5.81. The SMILES string of the molecule is CCOC(=O)Cc1c(C(F)(F)F)cc(OC)c(-c2ccccc2)c1COC(=O)N(CC)Cc1ccccc1. The molecule has 3 aromatic rings. The maximum Gasteiger partial charge on any atom is 0.416 e. The molecule has 38 heavy (non-hydrogen) atoms. The van der Waals surface area contributed by atoms with Crippen molar-refractivity contribution in [3.8, 4) is 16.9 Å². The second kappa shape index (κ2) is 13.0. The van der Waals surface area contributed by atoms with E-state index in [4.69, 9.17) is 14.2 Å². The second-order valence-corrected chi connectivity index (χ2v) is 8.36. The van der Waals surface area contributed by atoms with Crippen LogP contribution in [0.4, 0.5) is 18.0 Å². The number of rotatable bonds is 10. The molecule has 9 heteroatoms. The molecule has 1 amide bonds. The molecule has 6 nitrogen and oxygen atoms in total. The lowest BCUT2D eigenvalue weighted by molar-refractivity contribution is -0.143. The van der Waals surface area contributed by atoms with Crippen LogP contribution in [0.3, 0.4) is 0 Å². The molecule has 202 valence electrons. The monoisotopic (exact) mass is 529 g/mol. The molecule has 3 rings (SSSR count). The molecule has 0 aliphatic heterocycles. The molecular weight excluding hydrogens is 499 g/mol. The molecule has 0 saturated heterocycles. The van der Waals surface area contributed by atoms with Crippen LogP contribution >= 0.6 is 0 Å². The third-order valence-electron chi connectivity index (χ3n) is 5.92. The Bertz CT molecular complexity index is 1230. The Morgan fingerprint density at radius 1 is 0.895 bits per heavy atom. The Labute approximate surface area is 219 Å². The van der Waals surface area contributed by atoms with Crippen molar-refractivity contribution in [1.82, 2.24) is 4.90 Å². The quantitative estimate of drug-likeness (QED) is 0.275. The molecule has 0 heterocycles. The fraction of sp³-hybridized carbons (Fsp3) is 0.310. The van der Waals surface area contributed by atoms with Crippen LogP contribution in [0.1, 0.15) is 36.1 Å². The van der Waals surface area contributed by atoms with Crippen LogP contribution in [-0.4, -0.2) is 37.2 Å². The van der Waals surface area contributed by atoms with Crippen molar-refractivity contribution >= 4 is 12.1 Å². The van der Waals surface area contributed by atoms with Gasteiger partial charge in [-0.2, -0.15) is 13.2 Å². The lowest BCUT2D eigenvalue weighted by Gasteiger charge is -2.25. The fourth-order valence-electron chi connectivity index (χ4n) is 4.14. The summed E-state index contributed by atoms with van der Waals surface area (Å²) in [6, 6.07) is 18.8. The number of esters is 1. The van der Waals surface area contributed by atoms with Crippen LogP contribution in [0.2, 0.25) is 0 Å². The number of ether oxygens (including phenoxy) is 3. The van der Waals surface area contributed by atoms with Crippen LogP contribution in [0.25, 0.3) is 11.1 Å². The van der Waals surface area contributed by atoms with E-state index in [-0.39, 0.29) is 30.0 Å². The van der Waals surface area contributed by atoms with Gasteiger partial charge < -0.3 is 19.1 Å². The van der Waals surface area contributed by atoms with Gasteiger partial charge in [0.05, 0.1) is 25.7 Å². The maximum absolute atomic E-state index is 14.2. The van der Waals surface area contributed by atoms with E-state index in [1.54, 1.807) is 44.2 Å². The van der Waals surface area contributed by atoms with E-state index in [2.05, 4.69) is 0 Å². The first-order chi connectivity index (χ1) is 18.2. The minimum Gasteiger partial charge on any atom is -0.496 e. The Balaban J connectivity index is 2.10. The second-order valence-electron chi connectivity index (χ2n) is 8.36.